The van der Waals surface area contributed by atoms with E-state index >= 15 is 0 Å². The van der Waals surface area contributed by atoms with Crippen molar-refractivity contribution >= 4 is 29.3 Å². The van der Waals surface area contributed by atoms with Crippen LogP contribution in [0, 0.1) is 5.82 Å². The van der Waals surface area contributed by atoms with Crippen LogP contribution in [0.2, 0.25) is 5.02 Å². The highest BCUT2D eigenvalue weighted by atomic mass is 35.5. The second-order valence-corrected chi connectivity index (χ2v) is 4.66. The molecule has 0 saturated carbocycles. The van der Waals surface area contributed by atoms with Gasteiger partial charge in [0.05, 0.1) is 7.11 Å². The largest absolute Gasteiger partial charge is 0.491 e. The number of hydrogen-bond acceptors (Lipinski definition) is 2. The van der Waals surface area contributed by atoms with Crippen LogP contribution in [0.4, 0.5) is 10.1 Å². The highest BCUT2D eigenvalue weighted by Gasteiger charge is 2.10. The van der Waals surface area contributed by atoms with Crippen LogP contribution >= 0.6 is 11.6 Å². The van der Waals surface area contributed by atoms with Crippen molar-refractivity contribution in [2.75, 3.05) is 12.4 Å². The molecule has 0 saturated heterocycles. The van der Waals surface area contributed by atoms with Crippen LogP contribution in [0.15, 0.2) is 54.3 Å². The van der Waals surface area contributed by atoms with E-state index in [-0.39, 0.29) is 11.6 Å². The van der Waals surface area contributed by atoms with Gasteiger partial charge >= 0.3 is 0 Å². The van der Waals surface area contributed by atoms with Gasteiger partial charge in [-0.2, -0.15) is 0 Å². The van der Waals surface area contributed by atoms with Gasteiger partial charge in [0.2, 0.25) is 0 Å². The zero-order valence-corrected chi connectivity index (χ0v) is 12.0. The van der Waals surface area contributed by atoms with Crippen molar-refractivity contribution in [2.24, 2.45) is 0 Å². The van der Waals surface area contributed by atoms with E-state index in [1.807, 2.05) is 0 Å². The molecule has 0 spiro atoms. The summed E-state index contributed by atoms with van der Waals surface area (Å²) in [5.41, 5.74) is 1.27. The summed E-state index contributed by atoms with van der Waals surface area (Å²) in [6, 6.07) is 12.5. The van der Waals surface area contributed by atoms with Crippen LogP contribution in [0.5, 0.6) is 0 Å². The number of amides is 1. The Hall–Kier alpha value is -2.33. The molecule has 0 heterocycles. The van der Waals surface area contributed by atoms with Gasteiger partial charge in [-0.25, -0.2) is 4.39 Å². The number of carbonyl (C=O) groups is 1. The molecule has 5 heteroatoms. The molecule has 0 aliphatic carbocycles. The van der Waals surface area contributed by atoms with Crippen molar-refractivity contribution in [2.45, 2.75) is 0 Å². The molecule has 0 aliphatic rings. The predicted molar refractivity (Wildman–Crippen MR) is 81.5 cm³/mol. The van der Waals surface area contributed by atoms with Gasteiger partial charge in [-0.3, -0.25) is 4.79 Å². The highest BCUT2D eigenvalue weighted by molar-refractivity contribution is 6.30. The summed E-state index contributed by atoms with van der Waals surface area (Å²) in [7, 11) is 1.41. The zero-order valence-electron chi connectivity index (χ0n) is 11.3. The van der Waals surface area contributed by atoms with Crippen LogP contribution in [0.25, 0.3) is 6.08 Å². The number of nitrogens with one attached hydrogen (secondary N) is 1. The Bertz CT molecular complexity index is 651. The monoisotopic (exact) mass is 305 g/mol. The van der Waals surface area contributed by atoms with Crippen LogP contribution < -0.4 is 5.32 Å². The fraction of sp³-hybridized carbons (Fsp3) is 0.0625. The van der Waals surface area contributed by atoms with E-state index in [1.54, 1.807) is 30.3 Å². The Balaban J connectivity index is 2.14. The van der Waals surface area contributed by atoms with Crippen molar-refractivity contribution in [3.63, 3.8) is 0 Å². The van der Waals surface area contributed by atoms with Crippen LogP contribution in [-0.4, -0.2) is 13.0 Å². The molecule has 0 aliphatic heterocycles. The molecule has 108 valence electrons. The van der Waals surface area contributed by atoms with Crippen molar-refractivity contribution < 1.29 is 13.9 Å². The second-order valence-electron chi connectivity index (χ2n) is 4.23. The molecule has 1 N–H and O–H groups in total. The van der Waals surface area contributed by atoms with Gasteiger partial charge in [0.1, 0.15) is 5.82 Å². The van der Waals surface area contributed by atoms with Crippen LogP contribution in [0.3, 0.4) is 0 Å². The SMILES string of the molecule is CO/C(=C\c1ccc(Cl)cc1)C(=O)Nc1ccc(F)cc1. The van der Waals surface area contributed by atoms with Gasteiger partial charge in [0.25, 0.3) is 5.91 Å². The lowest BCUT2D eigenvalue weighted by molar-refractivity contribution is -0.115. The van der Waals surface area contributed by atoms with Crippen molar-refractivity contribution in [1.82, 2.24) is 0 Å². The maximum Gasteiger partial charge on any atom is 0.290 e. The first-order chi connectivity index (χ1) is 10.1. The molecular weight excluding hydrogens is 293 g/mol. The van der Waals surface area contributed by atoms with E-state index in [2.05, 4.69) is 5.32 Å². The lowest BCUT2D eigenvalue weighted by Crippen LogP contribution is -2.15. The van der Waals surface area contributed by atoms with Crippen molar-refractivity contribution in [1.29, 1.82) is 0 Å². The minimum absolute atomic E-state index is 0.140. The summed E-state index contributed by atoms with van der Waals surface area (Å²) in [5.74, 6) is -0.641. The lowest BCUT2D eigenvalue weighted by Gasteiger charge is -2.08. The third-order valence-electron chi connectivity index (χ3n) is 2.71. The molecule has 21 heavy (non-hydrogen) atoms. The second kappa shape index (κ2) is 6.90. The van der Waals surface area contributed by atoms with E-state index in [0.29, 0.717) is 10.7 Å². The first-order valence-electron chi connectivity index (χ1n) is 6.16. The standard InChI is InChI=1S/C16H13ClFNO2/c1-21-15(10-11-2-4-12(17)5-3-11)16(20)19-14-8-6-13(18)7-9-14/h2-10H,1H3,(H,19,20)/b15-10-. The molecule has 1 amide bonds. The molecule has 2 rings (SSSR count). The third-order valence-corrected chi connectivity index (χ3v) is 2.97. The maximum atomic E-state index is 12.8. The Morgan fingerprint density at radius 2 is 1.76 bits per heavy atom. The summed E-state index contributed by atoms with van der Waals surface area (Å²) in [5, 5.41) is 3.24. The van der Waals surface area contributed by atoms with E-state index in [4.69, 9.17) is 16.3 Å². The predicted octanol–water partition coefficient (Wildman–Crippen LogP) is 4.11. The van der Waals surface area contributed by atoms with E-state index in [1.165, 1.54) is 31.4 Å². The minimum atomic E-state index is -0.418. The summed E-state index contributed by atoms with van der Waals surface area (Å²) in [6.45, 7) is 0. The van der Waals surface area contributed by atoms with E-state index in [9.17, 15) is 9.18 Å². The topological polar surface area (TPSA) is 38.3 Å². The molecule has 0 aromatic heterocycles. The molecule has 0 fully saturated rings. The van der Waals surface area contributed by atoms with Crippen LogP contribution in [-0.2, 0) is 9.53 Å². The molecule has 0 atom stereocenters. The summed E-state index contributed by atoms with van der Waals surface area (Å²) in [6.07, 6.45) is 1.59. The molecule has 0 bridgehead atoms. The molecule has 2 aromatic carbocycles. The fourth-order valence-electron chi connectivity index (χ4n) is 1.65. The summed E-state index contributed by atoms with van der Waals surface area (Å²) < 4.78 is 17.9. The molecule has 0 unspecified atom stereocenters. The minimum Gasteiger partial charge on any atom is -0.491 e. The average Bonchev–Trinajstić information content (AvgIpc) is 2.49. The smallest absolute Gasteiger partial charge is 0.290 e. The van der Waals surface area contributed by atoms with Gasteiger partial charge < -0.3 is 10.1 Å². The van der Waals surface area contributed by atoms with Gasteiger partial charge in [-0.1, -0.05) is 23.7 Å². The quantitative estimate of drug-likeness (QED) is 0.682. The van der Waals surface area contributed by atoms with Gasteiger partial charge in [-0.05, 0) is 48.0 Å². The van der Waals surface area contributed by atoms with E-state index < -0.39 is 5.91 Å². The Labute approximate surface area is 127 Å². The lowest BCUT2D eigenvalue weighted by atomic mass is 10.2. The number of rotatable bonds is 4. The van der Waals surface area contributed by atoms with Gasteiger partial charge in [0.15, 0.2) is 5.76 Å². The number of methoxy groups -OCH3 is 1. The first-order valence-corrected chi connectivity index (χ1v) is 6.54. The highest BCUT2D eigenvalue weighted by Crippen LogP contribution is 2.15. The third kappa shape index (κ3) is 4.33. The summed E-state index contributed by atoms with van der Waals surface area (Å²) in [4.78, 5) is 12.1. The molecule has 0 radical (unpaired) electrons. The zero-order chi connectivity index (χ0) is 15.2. The first kappa shape index (κ1) is 15.1. The van der Waals surface area contributed by atoms with Gasteiger partial charge in [0, 0.05) is 10.7 Å². The number of anilines is 1. The number of benzene rings is 2. The maximum absolute atomic E-state index is 12.8. The van der Waals surface area contributed by atoms with Crippen molar-refractivity contribution in [3.8, 4) is 0 Å². The molecular formula is C16H13ClFNO2. The number of ether oxygens (including phenoxy) is 1. The Kier molecular flexibility index (Phi) is 4.95. The molecule has 3 nitrogen and oxygen atoms in total. The normalized spacial score (nSPS) is 11.1. The molecule has 2 aromatic rings. The fourth-order valence-corrected chi connectivity index (χ4v) is 1.78. The van der Waals surface area contributed by atoms with Crippen molar-refractivity contribution in [3.05, 3.63) is 70.7 Å². The summed E-state index contributed by atoms with van der Waals surface area (Å²) >= 11 is 5.80. The van der Waals surface area contributed by atoms with Gasteiger partial charge in [-0.15, -0.1) is 0 Å². The average molecular weight is 306 g/mol. The van der Waals surface area contributed by atoms with Crippen LogP contribution in [0.1, 0.15) is 5.56 Å². The number of hydrogen-bond donors (Lipinski definition) is 1. The number of halogens is 2. The van der Waals surface area contributed by atoms with E-state index in [0.717, 1.165) is 5.56 Å². The number of carbonyl (C=O) groups excluding carboxylic acids is 1. The Morgan fingerprint density at radius 3 is 2.33 bits per heavy atom. The Morgan fingerprint density at radius 1 is 1.14 bits per heavy atom.